The molecule has 2 rings (SSSR count). The van der Waals surface area contributed by atoms with Crippen molar-refractivity contribution in [2.45, 2.75) is 6.04 Å². The van der Waals surface area contributed by atoms with Crippen LogP contribution in [-0.2, 0) is 0 Å². The Hall–Kier alpha value is -1.49. The predicted octanol–water partition coefficient (Wildman–Crippen LogP) is 3.17. The van der Waals surface area contributed by atoms with E-state index >= 15 is 0 Å². The van der Waals surface area contributed by atoms with E-state index in [0.717, 1.165) is 18.2 Å². The third-order valence-electron chi connectivity index (χ3n) is 2.64. The number of hydrazine groups is 1. The number of hydrogen-bond donors (Lipinski definition) is 2. The lowest BCUT2D eigenvalue weighted by atomic mass is 9.99. The van der Waals surface area contributed by atoms with Gasteiger partial charge in [0.15, 0.2) is 0 Å². The van der Waals surface area contributed by atoms with Crippen LogP contribution in [0, 0.1) is 11.6 Å². The fraction of sp³-hybridized carbons (Fsp3) is 0.0769. The molecule has 0 bridgehead atoms. The van der Waals surface area contributed by atoms with Crippen LogP contribution in [0.25, 0.3) is 0 Å². The summed E-state index contributed by atoms with van der Waals surface area (Å²) in [6.07, 6.45) is 0. The molecule has 0 aliphatic heterocycles. The van der Waals surface area contributed by atoms with Gasteiger partial charge in [-0.25, -0.2) is 14.2 Å². The lowest BCUT2D eigenvalue weighted by Crippen LogP contribution is -2.29. The highest BCUT2D eigenvalue weighted by molar-refractivity contribution is 6.30. The topological polar surface area (TPSA) is 38.0 Å². The Morgan fingerprint density at radius 2 is 1.72 bits per heavy atom. The van der Waals surface area contributed by atoms with Gasteiger partial charge in [0.05, 0.1) is 6.04 Å². The molecule has 1 unspecified atom stereocenters. The SMILES string of the molecule is NNC(c1ccc(Cl)cc1)c1cc(F)ccc1F. The zero-order chi connectivity index (χ0) is 13.1. The molecule has 2 aromatic rings. The summed E-state index contributed by atoms with van der Waals surface area (Å²) in [4.78, 5) is 0. The average Bonchev–Trinajstić information content (AvgIpc) is 2.37. The van der Waals surface area contributed by atoms with Gasteiger partial charge in [0.25, 0.3) is 0 Å². The van der Waals surface area contributed by atoms with Crippen LogP contribution in [0.5, 0.6) is 0 Å². The molecule has 0 aliphatic carbocycles. The van der Waals surface area contributed by atoms with E-state index < -0.39 is 17.7 Å². The van der Waals surface area contributed by atoms with Gasteiger partial charge in [0.1, 0.15) is 11.6 Å². The number of nitrogens with one attached hydrogen (secondary N) is 1. The second-order valence-corrected chi connectivity index (χ2v) is 4.25. The second-order valence-electron chi connectivity index (χ2n) is 3.82. The van der Waals surface area contributed by atoms with Gasteiger partial charge < -0.3 is 0 Å². The van der Waals surface area contributed by atoms with Crippen molar-refractivity contribution in [2.24, 2.45) is 5.84 Å². The summed E-state index contributed by atoms with van der Waals surface area (Å²) in [5, 5.41) is 0.564. The van der Waals surface area contributed by atoms with Crippen LogP contribution in [0.4, 0.5) is 8.78 Å². The van der Waals surface area contributed by atoms with E-state index in [1.54, 1.807) is 24.3 Å². The molecule has 0 aromatic heterocycles. The maximum absolute atomic E-state index is 13.7. The molecule has 0 saturated carbocycles. The van der Waals surface area contributed by atoms with Gasteiger partial charge in [-0.05, 0) is 35.9 Å². The van der Waals surface area contributed by atoms with E-state index in [4.69, 9.17) is 17.4 Å². The first-order valence-electron chi connectivity index (χ1n) is 5.28. The van der Waals surface area contributed by atoms with E-state index in [-0.39, 0.29) is 5.56 Å². The number of benzene rings is 2. The van der Waals surface area contributed by atoms with Crippen molar-refractivity contribution in [3.05, 3.63) is 70.2 Å². The molecule has 18 heavy (non-hydrogen) atoms. The van der Waals surface area contributed by atoms with Crippen molar-refractivity contribution in [1.29, 1.82) is 0 Å². The summed E-state index contributed by atoms with van der Waals surface area (Å²) in [5.74, 6) is 4.39. The normalized spacial score (nSPS) is 12.4. The highest BCUT2D eigenvalue weighted by atomic mass is 35.5. The number of nitrogens with two attached hydrogens (primary N) is 1. The molecule has 2 nitrogen and oxygen atoms in total. The third kappa shape index (κ3) is 2.67. The molecule has 0 amide bonds. The van der Waals surface area contributed by atoms with Crippen LogP contribution in [0.3, 0.4) is 0 Å². The molecule has 0 radical (unpaired) electrons. The Balaban J connectivity index is 2.44. The van der Waals surface area contributed by atoms with Gasteiger partial charge in [-0.15, -0.1) is 0 Å². The first-order valence-corrected chi connectivity index (χ1v) is 5.66. The number of hydrogen-bond acceptors (Lipinski definition) is 2. The fourth-order valence-corrected chi connectivity index (χ4v) is 1.88. The summed E-state index contributed by atoms with van der Waals surface area (Å²) in [5.41, 5.74) is 3.33. The maximum atomic E-state index is 13.7. The quantitative estimate of drug-likeness (QED) is 0.663. The molecule has 0 heterocycles. The molecule has 1 atom stereocenters. The Morgan fingerprint density at radius 3 is 2.33 bits per heavy atom. The first kappa shape index (κ1) is 13.0. The summed E-state index contributed by atoms with van der Waals surface area (Å²) in [6, 6.07) is 9.37. The van der Waals surface area contributed by atoms with Crippen LogP contribution in [0.1, 0.15) is 17.2 Å². The molecular formula is C13H11ClF2N2. The van der Waals surface area contributed by atoms with Crippen LogP contribution in [0.2, 0.25) is 5.02 Å². The molecule has 0 saturated heterocycles. The zero-order valence-electron chi connectivity index (χ0n) is 9.33. The van der Waals surface area contributed by atoms with E-state index in [1.807, 2.05) is 0 Å². The number of rotatable bonds is 3. The first-order chi connectivity index (χ1) is 8.61. The van der Waals surface area contributed by atoms with Gasteiger partial charge in [-0.2, -0.15) is 0 Å². The van der Waals surface area contributed by atoms with Crippen molar-refractivity contribution < 1.29 is 8.78 Å². The van der Waals surface area contributed by atoms with Crippen molar-refractivity contribution in [3.63, 3.8) is 0 Å². The smallest absolute Gasteiger partial charge is 0.128 e. The predicted molar refractivity (Wildman–Crippen MR) is 67.0 cm³/mol. The third-order valence-corrected chi connectivity index (χ3v) is 2.89. The molecule has 2 aromatic carbocycles. The van der Waals surface area contributed by atoms with E-state index in [2.05, 4.69) is 5.43 Å². The van der Waals surface area contributed by atoms with Gasteiger partial charge in [-0.1, -0.05) is 23.7 Å². The highest BCUT2D eigenvalue weighted by Crippen LogP contribution is 2.25. The molecule has 0 fully saturated rings. The zero-order valence-corrected chi connectivity index (χ0v) is 10.1. The largest absolute Gasteiger partial charge is 0.271 e. The molecule has 94 valence electrons. The van der Waals surface area contributed by atoms with Crippen LogP contribution in [-0.4, -0.2) is 0 Å². The van der Waals surface area contributed by atoms with E-state index in [0.29, 0.717) is 10.6 Å². The number of halogens is 3. The Bertz CT molecular complexity index is 543. The van der Waals surface area contributed by atoms with Gasteiger partial charge in [-0.3, -0.25) is 5.84 Å². The fourth-order valence-electron chi connectivity index (χ4n) is 1.76. The minimum Gasteiger partial charge on any atom is -0.271 e. The monoisotopic (exact) mass is 268 g/mol. The standard InChI is InChI=1S/C13H11ClF2N2/c14-9-3-1-8(2-4-9)13(18-17)11-7-10(15)5-6-12(11)16/h1-7,13,18H,17H2. The Labute approximate surface area is 108 Å². The van der Waals surface area contributed by atoms with Gasteiger partial charge in [0, 0.05) is 10.6 Å². The highest BCUT2D eigenvalue weighted by Gasteiger charge is 2.17. The second kappa shape index (κ2) is 5.44. The van der Waals surface area contributed by atoms with E-state index in [9.17, 15) is 8.78 Å². The minimum atomic E-state index is -0.627. The maximum Gasteiger partial charge on any atom is 0.128 e. The molecule has 0 aliphatic rings. The molecule has 0 spiro atoms. The Kier molecular flexibility index (Phi) is 3.91. The van der Waals surface area contributed by atoms with Crippen LogP contribution in [0.15, 0.2) is 42.5 Å². The van der Waals surface area contributed by atoms with Crippen molar-refractivity contribution in [2.75, 3.05) is 0 Å². The lowest BCUT2D eigenvalue weighted by Gasteiger charge is -2.17. The van der Waals surface area contributed by atoms with Crippen LogP contribution >= 0.6 is 11.6 Å². The van der Waals surface area contributed by atoms with Crippen molar-refractivity contribution >= 4 is 11.6 Å². The summed E-state index contributed by atoms with van der Waals surface area (Å²) in [7, 11) is 0. The minimum absolute atomic E-state index is 0.153. The molecule has 5 heteroatoms. The lowest BCUT2D eigenvalue weighted by molar-refractivity contribution is 0.545. The average molecular weight is 269 g/mol. The summed E-state index contributed by atoms with van der Waals surface area (Å²) in [6.45, 7) is 0. The van der Waals surface area contributed by atoms with Gasteiger partial charge in [0.2, 0.25) is 0 Å². The molecule has 3 N–H and O–H groups in total. The summed E-state index contributed by atoms with van der Waals surface area (Å²) < 4.78 is 26.9. The van der Waals surface area contributed by atoms with E-state index in [1.165, 1.54) is 0 Å². The summed E-state index contributed by atoms with van der Waals surface area (Å²) >= 11 is 5.78. The molecular weight excluding hydrogens is 258 g/mol. The van der Waals surface area contributed by atoms with Crippen molar-refractivity contribution in [1.82, 2.24) is 5.43 Å². The van der Waals surface area contributed by atoms with Gasteiger partial charge >= 0.3 is 0 Å². The van der Waals surface area contributed by atoms with Crippen LogP contribution < -0.4 is 11.3 Å². The van der Waals surface area contributed by atoms with Crippen molar-refractivity contribution in [3.8, 4) is 0 Å². The Morgan fingerprint density at radius 1 is 1.06 bits per heavy atom.